The zero-order valence-electron chi connectivity index (χ0n) is 12.7. The summed E-state index contributed by atoms with van der Waals surface area (Å²) < 4.78 is 0. The number of aromatic nitrogens is 1. The lowest BCUT2D eigenvalue weighted by Gasteiger charge is -2.38. The van der Waals surface area contributed by atoms with Crippen LogP contribution in [0.3, 0.4) is 0 Å². The number of hydrogen-bond donors (Lipinski definition) is 1. The van der Waals surface area contributed by atoms with E-state index < -0.39 is 0 Å². The van der Waals surface area contributed by atoms with Gasteiger partial charge in [0.2, 0.25) is 0 Å². The summed E-state index contributed by atoms with van der Waals surface area (Å²) >= 11 is 0. The summed E-state index contributed by atoms with van der Waals surface area (Å²) in [6.45, 7) is 8.22. The first-order chi connectivity index (χ1) is 9.58. The number of aryl methyl sites for hydroxylation is 1. The second-order valence-corrected chi connectivity index (χ2v) is 5.83. The van der Waals surface area contributed by atoms with Crippen molar-refractivity contribution in [1.29, 1.82) is 0 Å². The molecule has 0 unspecified atom stereocenters. The number of nitrogens with one attached hydrogen (secondary N) is 1. The molecule has 1 saturated heterocycles. The third kappa shape index (κ3) is 3.79. The van der Waals surface area contributed by atoms with Crippen LogP contribution in [0.2, 0.25) is 0 Å². The topological polar surface area (TPSA) is 45.2 Å². The Morgan fingerprint density at radius 2 is 2.30 bits per heavy atom. The highest BCUT2D eigenvalue weighted by Gasteiger charge is 2.23. The number of nitrogens with zero attached hydrogens (tertiary/aromatic N) is 2. The second kappa shape index (κ2) is 6.84. The largest absolute Gasteiger partial charge is 0.350 e. The summed E-state index contributed by atoms with van der Waals surface area (Å²) in [7, 11) is 0. The smallest absolute Gasteiger partial charge is 0.252 e. The molecule has 0 aromatic carbocycles. The normalized spacial score (nSPS) is 21.4. The summed E-state index contributed by atoms with van der Waals surface area (Å²) in [6.07, 6.45) is 5.50. The molecule has 1 aromatic rings. The highest BCUT2D eigenvalue weighted by atomic mass is 16.1. The quantitative estimate of drug-likeness (QED) is 0.917. The van der Waals surface area contributed by atoms with Crippen LogP contribution in [-0.2, 0) is 0 Å². The molecule has 4 nitrogen and oxygen atoms in total. The van der Waals surface area contributed by atoms with Crippen LogP contribution < -0.4 is 5.32 Å². The fraction of sp³-hybridized carbons (Fsp3) is 0.625. The molecule has 0 aliphatic carbocycles. The van der Waals surface area contributed by atoms with Crippen molar-refractivity contribution < 1.29 is 4.79 Å². The Labute approximate surface area is 121 Å². The number of likely N-dealkylation sites (tertiary alicyclic amines) is 1. The fourth-order valence-electron chi connectivity index (χ4n) is 2.84. The first-order valence-electron chi connectivity index (χ1n) is 7.54. The van der Waals surface area contributed by atoms with Crippen molar-refractivity contribution in [3.05, 3.63) is 29.6 Å². The van der Waals surface area contributed by atoms with Gasteiger partial charge in [0.25, 0.3) is 5.91 Å². The van der Waals surface area contributed by atoms with Gasteiger partial charge in [0.15, 0.2) is 0 Å². The summed E-state index contributed by atoms with van der Waals surface area (Å²) in [5.41, 5.74) is 1.56. The molecular formula is C16H25N3O. The zero-order valence-corrected chi connectivity index (χ0v) is 12.7. The Morgan fingerprint density at radius 3 is 2.95 bits per heavy atom. The van der Waals surface area contributed by atoms with Gasteiger partial charge in [-0.15, -0.1) is 0 Å². The lowest BCUT2D eigenvalue weighted by molar-refractivity contribution is 0.0886. The molecule has 0 radical (unpaired) electrons. The van der Waals surface area contributed by atoms with Crippen molar-refractivity contribution in [3.8, 4) is 0 Å². The van der Waals surface area contributed by atoms with Crippen LogP contribution in [0.1, 0.15) is 49.2 Å². The van der Waals surface area contributed by atoms with Crippen molar-refractivity contribution in [3.63, 3.8) is 0 Å². The number of amides is 1. The van der Waals surface area contributed by atoms with E-state index in [1.807, 2.05) is 19.1 Å². The highest BCUT2D eigenvalue weighted by Crippen LogP contribution is 2.18. The predicted molar refractivity (Wildman–Crippen MR) is 80.8 cm³/mol. The third-order valence-corrected chi connectivity index (χ3v) is 4.15. The molecule has 0 bridgehead atoms. The molecule has 20 heavy (non-hydrogen) atoms. The Bertz CT molecular complexity index is 444. The third-order valence-electron chi connectivity index (χ3n) is 4.15. The highest BCUT2D eigenvalue weighted by molar-refractivity contribution is 5.93. The predicted octanol–water partition coefficient (Wildman–Crippen LogP) is 2.38. The molecular weight excluding hydrogens is 250 g/mol. The molecule has 1 amide bonds. The molecule has 0 saturated carbocycles. The van der Waals surface area contributed by atoms with Gasteiger partial charge in [0.1, 0.15) is 0 Å². The van der Waals surface area contributed by atoms with E-state index in [-0.39, 0.29) is 5.91 Å². The Kier molecular flexibility index (Phi) is 5.12. The van der Waals surface area contributed by atoms with Gasteiger partial charge in [-0.1, -0.05) is 6.42 Å². The average Bonchev–Trinajstić information content (AvgIpc) is 2.45. The van der Waals surface area contributed by atoms with Gasteiger partial charge in [0, 0.05) is 30.5 Å². The summed E-state index contributed by atoms with van der Waals surface area (Å²) in [5, 5.41) is 3.02. The van der Waals surface area contributed by atoms with Crippen LogP contribution in [-0.4, -0.2) is 41.0 Å². The van der Waals surface area contributed by atoms with Gasteiger partial charge in [-0.3, -0.25) is 14.7 Å². The fourth-order valence-corrected chi connectivity index (χ4v) is 2.84. The SMILES string of the molecule is Cc1ccc(C(=O)NC[C@@H](C)N2CCCC[C@H]2C)cn1. The minimum absolute atomic E-state index is 0.0333. The summed E-state index contributed by atoms with van der Waals surface area (Å²) in [4.78, 5) is 18.7. The van der Waals surface area contributed by atoms with Crippen molar-refractivity contribution in [2.75, 3.05) is 13.1 Å². The summed E-state index contributed by atoms with van der Waals surface area (Å²) in [5.74, 6) is -0.0333. The van der Waals surface area contributed by atoms with Gasteiger partial charge in [0.05, 0.1) is 5.56 Å². The van der Waals surface area contributed by atoms with E-state index in [4.69, 9.17) is 0 Å². The summed E-state index contributed by atoms with van der Waals surface area (Å²) in [6, 6.07) is 4.70. The molecule has 2 atom stereocenters. The maximum absolute atomic E-state index is 12.1. The van der Waals surface area contributed by atoms with Gasteiger partial charge in [-0.25, -0.2) is 0 Å². The van der Waals surface area contributed by atoms with Crippen molar-refractivity contribution >= 4 is 5.91 Å². The van der Waals surface area contributed by atoms with E-state index in [0.717, 1.165) is 12.2 Å². The second-order valence-electron chi connectivity index (χ2n) is 5.83. The van der Waals surface area contributed by atoms with E-state index in [9.17, 15) is 4.79 Å². The molecule has 0 spiro atoms. The molecule has 1 aliphatic heterocycles. The average molecular weight is 275 g/mol. The number of hydrogen-bond acceptors (Lipinski definition) is 3. The molecule has 2 rings (SSSR count). The first kappa shape index (κ1) is 15.0. The van der Waals surface area contributed by atoms with Crippen LogP contribution in [0.15, 0.2) is 18.3 Å². The first-order valence-corrected chi connectivity index (χ1v) is 7.54. The van der Waals surface area contributed by atoms with Crippen molar-refractivity contribution in [2.24, 2.45) is 0 Å². The Morgan fingerprint density at radius 1 is 1.50 bits per heavy atom. The minimum Gasteiger partial charge on any atom is -0.350 e. The number of pyridine rings is 1. The lowest BCUT2D eigenvalue weighted by atomic mass is 10.0. The number of piperidine rings is 1. The van der Waals surface area contributed by atoms with Gasteiger partial charge in [-0.2, -0.15) is 0 Å². The molecule has 1 aromatic heterocycles. The van der Waals surface area contributed by atoms with E-state index in [0.29, 0.717) is 24.2 Å². The lowest BCUT2D eigenvalue weighted by Crippen LogP contribution is -2.48. The molecule has 4 heteroatoms. The zero-order chi connectivity index (χ0) is 14.5. The monoisotopic (exact) mass is 275 g/mol. The van der Waals surface area contributed by atoms with Gasteiger partial charge >= 0.3 is 0 Å². The minimum atomic E-state index is -0.0333. The molecule has 110 valence electrons. The van der Waals surface area contributed by atoms with E-state index in [1.165, 1.54) is 19.3 Å². The van der Waals surface area contributed by atoms with Crippen LogP contribution >= 0.6 is 0 Å². The van der Waals surface area contributed by atoms with Crippen LogP contribution in [0, 0.1) is 6.92 Å². The standard InChI is InChI=1S/C16H25N3O/c1-12-7-8-15(11-17-12)16(20)18-10-14(3)19-9-5-4-6-13(19)2/h7-8,11,13-14H,4-6,9-10H2,1-3H3,(H,18,20)/t13-,14-/m1/s1. The molecule has 1 fully saturated rings. The Balaban J connectivity index is 1.84. The van der Waals surface area contributed by atoms with E-state index in [2.05, 4.69) is 29.0 Å². The maximum atomic E-state index is 12.1. The Hall–Kier alpha value is -1.42. The number of carbonyl (C=O) groups excluding carboxylic acids is 1. The van der Waals surface area contributed by atoms with Gasteiger partial charge < -0.3 is 5.32 Å². The molecule has 1 aliphatic rings. The number of carbonyl (C=O) groups is 1. The molecule has 2 heterocycles. The van der Waals surface area contributed by atoms with Crippen LogP contribution in [0.25, 0.3) is 0 Å². The van der Waals surface area contributed by atoms with Gasteiger partial charge in [-0.05, 0) is 52.3 Å². The van der Waals surface area contributed by atoms with Crippen LogP contribution in [0.4, 0.5) is 0 Å². The molecule has 1 N–H and O–H groups in total. The van der Waals surface area contributed by atoms with E-state index in [1.54, 1.807) is 6.20 Å². The van der Waals surface area contributed by atoms with Crippen LogP contribution in [0.5, 0.6) is 0 Å². The number of rotatable bonds is 4. The van der Waals surface area contributed by atoms with Crippen molar-refractivity contribution in [2.45, 2.75) is 52.1 Å². The maximum Gasteiger partial charge on any atom is 0.252 e. The van der Waals surface area contributed by atoms with E-state index >= 15 is 0 Å². The van der Waals surface area contributed by atoms with Crippen molar-refractivity contribution in [1.82, 2.24) is 15.2 Å².